The van der Waals surface area contributed by atoms with Crippen LogP contribution in [0, 0.1) is 0 Å². The van der Waals surface area contributed by atoms with Crippen molar-refractivity contribution in [1.29, 1.82) is 0 Å². The number of carbonyl (C=O) groups excluding carboxylic acids is 1. The van der Waals surface area contributed by atoms with Crippen LogP contribution in [0.25, 0.3) is 0 Å². The summed E-state index contributed by atoms with van der Waals surface area (Å²) in [5.41, 5.74) is 0. The Hall–Kier alpha value is -0.260. The Balaban J connectivity index is 1.83. The van der Waals surface area contributed by atoms with Crippen molar-refractivity contribution >= 4 is 18.6 Å². The third-order valence-electron chi connectivity index (χ3n) is 2.52. The lowest BCUT2D eigenvalue weighted by Crippen LogP contribution is -2.32. The molecule has 0 saturated carbocycles. The largest absolute Gasteiger partial charge is 0.457 e. The number of thiol groups is 1. The van der Waals surface area contributed by atoms with Gasteiger partial charge in [-0.25, -0.2) is 0 Å². The molecule has 0 N–H and O–H groups in total. The second-order valence-electron chi connectivity index (χ2n) is 3.50. The number of esters is 1. The number of hydrogen-bond donors (Lipinski definition) is 1. The Bertz CT molecular complexity index is 221. The molecule has 0 aromatic carbocycles. The molecule has 0 aromatic heterocycles. The lowest BCUT2D eigenvalue weighted by molar-refractivity contribution is -0.153. The SMILES string of the molecule is O=C(CCS)O[C@H]1COC2CCOC21. The van der Waals surface area contributed by atoms with Crippen LogP contribution in [0.15, 0.2) is 0 Å². The summed E-state index contributed by atoms with van der Waals surface area (Å²) in [4.78, 5) is 11.2. The highest BCUT2D eigenvalue weighted by atomic mass is 32.1. The smallest absolute Gasteiger partial charge is 0.307 e. The molecule has 0 bridgehead atoms. The molecule has 2 saturated heterocycles. The molecule has 0 aliphatic carbocycles. The summed E-state index contributed by atoms with van der Waals surface area (Å²) in [6.07, 6.45) is 1.12. The highest BCUT2D eigenvalue weighted by molar-refractivity contribution is 7.80. The standard InChI is InChI=1S/C9H14O4S/c10-8(2-4-14)13-7-5-12-6-1-3-11-9(6)7/h6-7,9,14H,1-5H2/t6?,7-,9?/m0/s1. The fourth-order valence-electron chi connectivity index (χ4n) is 1.85. The number of carbonyl (C=O) groups is 1. The molecule has 0 aromatic rings. The molecule has 2 unspecified atom stereocenters. The van der Waals surface area contributed by atoms with Crippen molar-refractivity contribution in [2.45, 2.75) is 31.2 Å². The number of fused-ring (bicyclic) bond motifs is 1. The van der Waals surface area contributed by atoms with Gasteiger partial charge in [0.2, 0.25) is 0 Å². The fraction of sp³-hybridized carbons (Fsp3) is 0.889. The molecule has 2 heterocycles. The van der Waals surface area contributed by atoms with E-state index < -0.39 is 0 Å². The van der Waals surface area contributed by atoms with Gasteiger partial charge in [-0.2, -0.15) is 12.6 Å². The monoisotopic (exact) mass is 218 g/mol. The second kappa shape index (κ2) is 4.51. The van der Waals surface area contributed by atoms with E-state index in [1.165, 1.54) is 0 Å². The molecular formula is C9H14O4S. The predicted molar refractivity (Wildman–Crippen MR) is 52.4 cm³/mol. The summed E-state index contributed by atoms with van der Waals surface area (Å²) in [5.74, 6) is 0.297. The van der Waals surface area contributed by atoms with Crippen LogP contribution in [-0.4, -0.2) is 43.2 Å². The van der Waals surface area contributed by atoms with Gasteiger partial charge < -0.3 is 14.2 Å². The van der Waals surface area contributed by atoms with Crippen molar-refractivity contribution in [3.63, 3.8) is 0 Å². The third-order valence-corrected chi connectivity index (χ3v) is 2.74. The average molecular weight is 218 g/mol. The van der Waals surface area contributed by atoms with Crippen molar-refractivity contribution in [2.75, 3.05) is 19.0 Å². The van der Waals surface area contributed by atoms with Gasteiger partial charge in [0.1, 0.15) is 6.10 Å². The van der Waals surface area contributed by atoms with Gasteiger partial charge in [-0.15, -0.1) is 0 Å². The van der Waals surface area contributed by atoms with Gasteiger partial charge in [0, 0.05) is 12.4 Å². The van der Waals surface area contributed by atoms with Crippen LogP contribution < -0.4 is 0 Å². The summed E-state index contributed by atoms with van der Waals surface area (Å²) >= 11 is 3.97. The molecule has 2 aliphatic rings. The highest BCUT2D eigenvalue weighted by Crippen LogP contribution is 2.28. The van der Waals surface area contributed by atoms with Crippen LogP contribution >= 0.6 is 12.6 Å². The molecule has 2 aliphatic heterocycles. The minimum atomic E-state index is -0.218. The Labute approximate surface area is 88.3 Å². The van der Waals surface area contributed by atoms with Crippen LogP contribution in [-0.2, 0) is 19.0 Å². The van der Waals surface area contributed by atoms with E-state index in [-0.39, 0.29) is 24.3 Å². The van der Waals surface area contributed by atoms with Gasteiger partial charge >= 0.3 is 5.97 Å². The van der Waals surface area contributed by atoms with Crippen molar-refractivity contribution in [2.24, 2.45) is 0 Å². The summed E-state index contributed by atoms with van der Waals surface area (Å²) in [5, 5.41) is 0. The molecule has 0 spiro atoms. The molecule has 0 radical (unpaired) electrons. The maximum atomic E-state index is 11.2. The van der Waals surface area contributed by atoms with E-state index in [9.17, 15) is 4.79 Å². The van der Waals surface area contributed by atoms with Crippen molar-refractivity contribution in [1.82, 2.24) is 0 Å². The minimum absolute atomic E-state index is 0.0427. The van der Waals surface area contributed by atoms with E-state index in [1.807, 2.05) is 0 Å². The van der Waals surface area contributed by atoms with E-state index in [4.69, 9.17) is 14.2 Å². The van der Waals surface area contributed by atoms with Gasteiger partial charge in [-0.3, -0.25) is 4.79 Å². The average Bonchev–Trinajstić information content (AvgIpc) is 2.70. The van der Waals surface area contributed by atoms with E-state index in [0.29, 0.717) is 25.4 Å². The van der Waals surface area contributed by atoms with Gasteiger partial charge in [0.25, 0.3) is 0 Å². The molecule has 14 heavy (non-hydrogen) atoms. The Morgan fingerprint density at radius 1 is 1.50 bits per heavy atom. The zero-order chi connectivity index (χ0) is 9.97. The first-order chi connectivity index (χ1) is 6.81. The quantitative estimate of drug-likeness (QED) is 0.550. The molecule has 2 fully saturated rings. The van der Waals surface area contributed by atoms with Crippen LogP contribution in [0.1, 0.15) is 12.8 Å². The van der Waals surface area contributed by atoms with E-state index in [1.54, 1.807) is 0 Å². The molecular weight excluding hydrogens is 204 g/mol. The second-order valence-corrected chi connectivity index (χ2v) is 3.94. The predicted octanol–water partition coefficient (Wildman–Crippen LogP) is 0.406. The van der Waals surface area contributed by atoms with Crippen LogP contribution in [0.5, 0.6) is 0 Å². The molecule has 5 heteroatoms. The zero-order valence-corrected chi connectivity index (χ0v) is 8.74. The lowest BCUT2D eigenvalue weighted by Gasteiger charge is -2.16. The van der Waals surface area contributed by atoms with Crippen molar-refractivity contribution in [3.05, 3.63) is 0 Å². The normalized spacial score (nSPS) is 35.6. The van der Waals surface area contributed by atoms with Crippen LogP contribution in [0.2, 0.25) is 0 Å². The third kappa shape index (κ3) is 2.04. The Morgan fingerprint density at radius 3 is 3.14 bits per heavy atom. The van der Waals surface area contributed by atoms with Gasteiger partial charge in [0.05, 0.1) is 19.1 Å². The number of rotatable bonds is 3. The zero-order valence-electron chi connectivity index (χ0n) is 7.85. The lowest BCUT2D eigenvalue weighted by atomic mass is 10.1. The summed E-state index contributed by atoms with van der Waals surface area (Å²) in [6, 6.07) is 0. The van der Waals surface area contributed by atoms with Crippen molar-refractivity contribution < 1.29 is 19.0 Å². The maximum Gasteiger partial charge on any atom is 0.307 e. The summed E-state index contributed by atoms with van der Waals surface area (Å²) in [7, 11) is 0. The summed E-state index contributed by atoms with van der Waals surface area (Å²) < 4.78 is 16.1. The van der Waals surface area contributed by atoms with Crippen LogP contribution in [0.3, 0.4) is 0 Å². The topological polar surface area (TPSA) is 44.8 Å². The molecule has 4 nitrogen and oxygen atoms in total. The van der Waals surface area contributed by atoms with Gasteiger partial charge in [0.15, 0.2) is 6.10 Å². The fourth-order valence-corrected chi connectivity index (χ4v) is 2.03. The Kier molecular flexibility index (Phi) is 3.30. The number of hydrogen-bond acceptors (Lipinski definition) is 5. The molecule has 0 amide bonds. The Morgan fingerprint density at radius 2 is 2.36 bits per heavy atom. The first-order valence-electron chi connectivity index (χ1n) is 4.85. The van der Waals surface area contributed by atoms with E-state index in [0.717, 1.165) is 6.42 Å². The first kappa shape index (κ1) is 10.3. The van der Waals surface area contributed by atoms with E-state index >= 15 is 0 Å². The molecule has 3 atom stereocenters. The molecule has 2 rings (SSSR count). The first-order valence-corrected chi connectivity index (χ1v) is 5.48. The summed E-state index contributed by atoms with van der Waals surface area (Å²) in [6.45, 7) is 1.17. The van der Waals surface area contributed by atoms with Crippen LogP contribution in [0.4, 0.5) is 0 Å². The van der Waals surface area contributed by atoms with Gasteiger partial charge in [-0.05, 0) is 6.42 Å². The van der Waals surface area contributed by atoms with Gasteiger partial charge in [-0.1, -0.05) is 0 Å². The van der Waals surface area contributed by atoms with Crippen molar-refractivity contribution in [3.8, 4) is 0 Å². The number of ether oxygens (including phenoxy) is 3. The maximum absolute atomic E-state index is 11.2. The minimum Gasteiger partial charge on any atom is -0.457 e. The van der Waals surface area contributed by atoms with E-state index in [2.05, 4.69) is 12.6 Å². The molecule has 80 valence electrons. The highest BCUT2D eigenvalue weighted by Gasteiger charge is 2.43.